The number of amides is 2. The van der Waals surface area contributed by atoms with Crippen molar-refractivity contribution in [2.75, 3.05) is 6.54 Å². The number of carbonyl (C=O) groups is 2. The molecule has 0 fully saturated rings. The van der Waals surface area contributed by atoms with E-state index in [0.717, 1.165) is 4.88 Å². The Morgan fingerprint density at radius 3 is 2.68 bits per heavy atom. The van der Waals surface area contributed by atoms with Crippen LogP contribution in [0.1, 0.15) is 31.6 Å². The molecule has 1 aromatic heterocycles. The second kappa shape index (κ2) is 7.78. The Hall–Kier alpha value is -1.56. The molecule has 6 heteroatoms. The molecule has 0 unspecified atom stereocenters. The number of rotatable bonds is 7. The number of hydrogen-bond acceptors (Lipinski definition) is 3. The molecule has 2 N–H and O–H groups in total. The largest absolute Gasteiger partial charge is 0.480 e. The minimum atomic E-state index is -0.984. The number of nitrogens with one attached hydrogen (secondary N) is 1. The van der Waals surface area contributed by atoms with E-state index in [1.807, 2.05) is 31.4 Å². The van der Waals surface area contributed by atoms with Crippen LogP contribution in [0.25, 0.3) is 0 Å². The highest BCUT2D eigenvalue weighted by atomic mass is 32.1. The Kier molecular flexibility index (Phi) is 6.35. The highest BCUT2D eigenvalue weighted by Crippen LogP contribution is 2.12. The average molecular weight is 284 g/mol. The molecule has 0 saturated heterocycles. The first-order valence-electron chi connectivity index (χ1n) is 6.39. The van der Waals surface area contributed by atoms with Crippen molar-refractivity contribution in [3.63, 3.8) is 0 Å². The summed E-state index contributed by atoms with van der Waals surface area (Å²) in [6, 6.07) is 2.76. The Morgan fingerprint density at radius 1 is 1.47 bits per heavy atom. The zero-order valence-corrected chi connectivity index (χ0v) is 12.1. The first-order chi connectivity index (χ1) is 9.08. The van der Waals surface area contributed by atoms with Crippen molar-refractivity contribution in [1.82, 2.24) is 10.2 Å². The SMILES string of the molecule is CCC[C@H](NC(=O)N(CC)Cc1cccs1)C(=O)O. The summed E-state index contributed by atoms with van der Waals surface area (Å²) >= 11 is 1.58. The number of urea groups is 1. The van der Waals surface area contributed by atoms with Crippen molar-refractivity contribution >= 4 is 23.3 Å². The molecule has 0 bridgehead atoms. The van der Waals surface area contributed by atoms with Gasteiger partial charge in [-0.05, 0) is 24.8 Å². The fourth-order valence-electron chi connectivity index (χ4n) is 1.70. The van der Waals surface area contributed by atoms with E-state index in [0.29, 0.717) is 25.9 Å². The van der Waals surface area contributed by atoms with Crippen LogP contribution in [0.5, 0.6) is 0 Å². The van der Waals surface area contributed by atoms with Gasteiger partial charge in [-0.1, -0.05) is 19.4 Å². The Balaban J connectivity index is 2.59. The molecule has 0 aliphatic carbocycles. The van der Waals surface area contributed by atoms with Crippen LogP contribution in [0.3, 0.4) is 0 Å². The van der Waals surface area contributed by atoms with Gasteiger partial charge in [0.2, 0.25) is 0 Å². The fraction of sp³-hybridized carbons (Fsp3) is 0.538. The molecule has 0 aromatic carbocycles. The van der Waals surface area contributed by atoms with E-state index in [4.69, 9.17) is 5.11 Å². The number of carbonyl (C=O) groups excluding carboxylic acids is 1. The fourth-order valence-corrected chi connectivity index (χ4v) is 2.42. The molecule has 2 amide bonds. The van der Waals surface area contributed by atoms with Crippen LogP contribution >= 0.6 is 11.3 Å². The molecule has 5 nitrogen and oxygen atoms in total. The molecule has 1 rings (SSSR count). The van der Waals surface area contributed by atoms with Gasteiger partial charge in [0.1, 0.15) is 6.04 Å². The Labute approximate surface area is 117 Å². The number of carboxylic acid groups (broad SMARTS) is 1. The van der Waals surface area contributed by atoms with Crippen LogP contribution in [0.4, 0.5) is 4.79 Å². The highest BCUT2D eigenvalue weighted by Gasteiger charge is 2.21. The molecule has 19 heavy (non-hydrogen) atoms. The third-order valence-electron chi connectivity index (χ3n) is 2.77. The molecule has 0 spiro atoms. The quantitative estimate of drug-likeness (QED) is 0.808. The summed E-state index contributed by atoms with van der Waals surface area (Å²) in [5.74, 6) is -0.984. The molecule has 0 aliphatic heterocycles. The molecule has 1 heterocycles. The summed E-state index contributed by atoms with van der Waals surface area (Å²) in [6.07, 6.45) is 1.16. The minimum Gasteiger partial charge on any atom is -0.480 e. The number of nitrogens with zero attached hydrogens (tertiary/aromatic N) is 1. The smallest absolute Gasteiger partial charge is 0.326 e. The maximum absolute atomic E-state index is 12.0. The monoisotopic (exact) mass is 284 g/mol. The summed E-state index contributed by atoms with van der Waals surface area (Å²) in [7, 11) is 0. The maximum Gasteiger partial charge on any atom is 0.326 e. The van der Waals surface area contributed by atoms with Crippen molar-refractivity contribution in [2.24, 2.45) is 0 Å². The van der Waals surface area contributed by atoms with Gasteiger partial charge < -0.3 is 15.3 Å². The van der Waals surface area contributed by atoms with Crippen LogP contribution in [0.2, 0.25) is 0 Å². The van der Waals surface area contributed by atoms with E-state index in [1.54, 1.807) is 16.2 Å². The molecular weight excluding hydrogens is 264 g/mol. The van der Waals surface area contributed by atoms with E-state index >= 15 is 0 Å². The maximum atomic E-state index is 12.0. The third-order valence-corrected chi connectivity index (χ3v) is 3.63. The summed E-state index contributed by atoms with van der Waals surface area (Å²) in [4.78, 5) is 25.8. The van der Waals surface area contributed by atoms with Crippen LogP contribution in [0.15, 0.2) is 17.5 Å². The normalized spacial score (nSPS) is 11.9. The first-order valence-corrected chi connectivity index (χ1v) is 7.27. The Morgan fingerprint density at radius 2 is 2.21 bits per heavy atom. The van der Waals surface area contributed by atoms with Crippen molar-refractivity contribution in [3.05, 3.63) is 22.4 Å². The summed E-state index contributed by atoms with van der Waals surface area (Å²) in [5.41, 5.74) is 0. The van der Waals surface area contributed by atoms with Gasteiger partial charge in [0.25, 0.3) is 0 Å². The minimum absolute atomic E-state index is 0.322. The van der Waals surface area contributed by atoms with Gasteiger partial charge in [0.05, 0.1) is 6.54 Å². The summed E-state index contributed by atoms with van der Waals surface area (Å²) in [6.45, 7) is 4.83. The lowest BCUT2D eigenvalue weighted by atomic mass is 10.2. The number of carboxylic acids is 1. The van der Waals surface area contributed by atoms with Gasteiger partial charge >= 0.3 is 12.0 Å². The lowest BCUT2D eigenvalue weighted by Gasteiger charge is -2.23. The lowest BCUT2D eigenvalue weighted by molar-refractivity contribution is -0.139. The predicted octanol–water partition coefficient (Wildman–Crippen LogP) is 2.53. The standard InChI is InChI=1S/C13H20N2O3S/c1-3-6-11(12(16)17)14-13(18)15(4-2)9-10-7-5-8-19-10/h5,7-8,11H,3-4,6,9H2,1-2H3,(H,14,18)(H,16,17)/t11-/m0/s1. The van der Waals surface area contributed by atoms with Gasteiger partial charge in [-0.15, -0.1) is 11.3 Å². The van der Waals surface area contributed by atoms with Gasteiger partial charge in [0, 0.05) is 11.4 Å². The van der Waals surface area contributed by atoms with E-state index in [-0.39, 0.29) is 6.03 Å². The molecule has 106 valence electrons. The number of aliphatic carboxylic acids is 1. The first kappa shape index (κ1) is 15.5. The van der Waals surface area contributed by atoms with Crippen LogP contribution in [-0.4, -0.2) is 34.6 Å². The molecule has 1 aromatic rings. The van der Waals surface area contributed by atoms with Crippen LogP contribution < -0.4 is 5.32 Å². The second-order valence-corrected chi connectivity index (χ2v) is 5.25. The van der Waals surface area contributed by atoms with Crippen molar-refractivity contribution in [1.29, 1.82) is 0 Å². The number of thiophene rings is 1. The van der Waals surface area contributed by atoms with Gasteiger partial charge in [0.15, 0.2) is 0 Å². The molecule has 0 aliphatic rings. The molecular formula is C13H20N2O3S. The van der Waals surface area contributed by atoms with Gasteiger partial charge in [-0.2, -0.15) is 0 Å². The van der Waals surface area contributed by atoms with Crippen molar-refractivity contribution in [2.45, 2.75) is 39.3 Å². The van der Waals surface area contributed by atoms with Crippen LogP contribution in [-0.2, 0) is 11.3 Å². The number of hydrogen-bond donors (Lipinski definition) is 2. The zero-order chi connectivity index (χ0) is 14.3. The lowest BCUT2D eigenvalue weighted by Crippen LogP contribution is -2.47. The highest BCUT2D eigenvalue weighted by molar-refractivity contribution is 7.09. The van der Waals surface area contributed by atoms with E-state index in [1.165, 1.54) is 0 Å². The summed E-state index contributed by atoms with van der Waals surface area (Å²) in [5, 5.41) is 13.6. The molecule has 0 saturated carbocycles. The van der Waals surface area contributed by atoms with Crippen molar-refractivity contribution < 1.29 is 14.7 Å². The topological polar surface area (TPSA) is 69.6 Å². The van der Waals surface area contributed by atoms with Gasteiger partial charge in [-0.3, -0.25) is 0 Å². The Bertz CT molecular complexity index is 406. The third kappa shape index (κ3) is 4.90. The van der Waals surface area contributed by atoms with E-state index < -0.39 is 12.0 Å². The predicted molar refractivity (Wildman–Crippen MR) is 75.3 cm³/mol. The zero-order valence-electron chi connectivity index (χ0n) is 11.3. The molecule has 0 radical (unpaired) electrons. The van der Waals surface area contributed by atoms with E-state index in [2.05, 4.69) is 5.32 Å². The van der Waals surface area contributed by atoms with E-state index in [9.17, 15) is 9.59 Å². The summed E-state index contributed by atoms with van der Waals surface area (Å²) < 4.78 is 0. The van der Waals surface area contributed by atoms with Crippen LogP contribution in [0, 0.1) is 0 Å². The average Bonchev–Trinajstić information content (AvgIpc) is 2.87. The van der Waals surface area contributed by atoms with Crippen molar-refractivity contribution in [3.8, 4) is 0 Å². The van der Waals surface area contributed by atoms with Gasteiger partial charge in [-0.25, -0.2) is 9.59 Å². The second-order valence-electron chi connectivity index (χ2n) is 4.22. The molecule has 1 atom stereocenters.